The Labute approximate surface area is 108 Å². The summed E-state index contributed by atoms with van der Waals surface area (Å²) in [5.41, 5.74) is -0.591. The summed E-state index contributed by atoms with van der Waals surface area (Å²) >= 11 is 0. The Morgan fingerprint density at radius 2 is 1.94 bits per heavy atom. The molecule has 0 unspecified atom stereocenters. The number of rotatable bonds is 5. The number of likely N-dealkylation sites (N-methyl/N-ethyl adjacent to an activating group) is 1. The van der Waals surface area contributed by atoms with E-state index >= 15 is 0 Å². The van der Waals surface area contributed by atoms with Gasteiger partial charge in [-0.15, -0.1) is 0 Å². The van der Waals surface area contributed by atoms with E-state index in [0.717, 1.165) is 25.7 Å². The Balaban J connectivity index is 2.22. The van der Waals surface area contributed by atoms with Crippen LogP contribution in [-0.2, 0) is 4.79 Å². The molecule has 1 saturated carbocycles. The van der Waals surface area contributed by atoms with Crippen LogP contribution in [-0.4, -0.2) is 54.7 Å². The number of imide groups is 1. The van der Waals surface area contributed by atoms with Crippen LogP contribution in [0.2, 0.25) is 0 Å². The highest BCUT2D eigenvalue weighted by atomic mass is 16.3. The second kappa shape index (κ2) is 6.70. The van der Waals surface area contributed by atoms with Crippen molar-refractivity contribution >= 4 is 11.9 Å². The van der Waals surface area contributed by atoms with Crippen LogP contribution < -0.4 is 10.6 Å². The smallest absolute Gasteiger partial charge is 0.321 e. The van der Waals surface area contributed by atoms with E-state index in [1.54, 1.807) is 0 Å². The zero-order chi connectivity index (χ0) is 13.6. The van der Waals surface area contributed by atoms with Crippen molar-refractivity contribution < 1.29 is 14.7 Å². The zero-order valence-electron chi connectivity index (χ0n) is 11.2. The second-order valence-corrected chi connectivity index (χ2v) is 5.05. The maximum atomic E-state index is 11.4. The molecule has 104 valence electrons. The quantitative estimate of drug-likeness (QED) is 0.651. The first-order valence-corrected chi connectivity index (χ1v) is 6.38. The predicted molar refractivity (Wildman–Crippen MR) is 68.1 cm³/mol. The monoisotopic (exact) mass is 257 g/mol. The molecule has 0 atom stereocenters. The van der Waals surface area contributed by atoms with Gasteiger partial charge in [-0.1, -0.05) is 12.8 Å². The predicted octanol–water partition coefficient (Wildman–Crippen LogP) is 0.0690. The normalized spacial score (nSPS) is 17.8. The number of nitrogens with zero attached hydrogens (tertiary/aromatic N) is 1. The summed E-state index contributed by atoms with van der Waals surface area (Å²) in [5.74, 6) is -0.306. The van der Waals surface area contributed by atoms with Crippen LogP contribution in [0.3, 0.4) is 0 Å². The van der Waals surface area contributed by atoms with Crippen molar-refractivity contribution in [2.75, 3.05) is 27.2 Å². The molecule has 0 radical (unpaired) electrons. The molecule has 6 heteroatoms. The van der Waals surface area contributed by atoms with Gasteiger partial charge in [0.25, 0.3) is 0 Å². The van der Waals surface area contributed by atoms with Crippen molar-refractivity contribution in [3.8, 4) is 0 Å². The van der Waals surface area contributed by atoms with Gasteiger partial charge < -0.3 is 15.3 Å². The molecule has 0 aromatic carbocycles. The minimum atomic E-state index is -0.591. The first kappa shape index (κ1) is 14.9. The lowest BCUT2D eigenvalue weighted by molar-refractivity contribution is -0.120. The highest BCUT2D eigenvalue weighted by Gasteiger charge is 2.32. The lowest BCUT2D eigenvalue weighted by Gasteiger charge is -2.28. The number of hydrogen-bond acceptors (Lipinski definition) is 4. The minimum absolute atomic E-state index is 0.250. The zero-order valence-corrected chi connectivity index (χ0v) is 11.2. The van der Waals surface area contributed by atoms with E-state index in [1.807, 2.05) is 11.9 Å². The molecule has 0 saturated heterocycles. The van der Waals surface area contributed by atoms with Gasteiger partial charge in [-0.2, -0.15) is 0 Å². The van der Waals surface area contributed by atoms with Crippen LogP contribution >= 0.6 is 0 Å². The van der Waals surface area contributed by atoms with E-state index in [0.29, 0.717) is 13.1 Å². The fourth-order valence-corrected chi connectivity index (χ4v) is 2.32. The minimum Gasteiger partial charge on any atom is -0.389 e. The lowest BCUT2D eigenvalue weighted by atomic mass is 10.0. The molecule has 0 aromatic heterocycles. The number of nitrogens with one attached hydrogen (secondary N) is 2. The van der Waals surface area contributed by atoms with E-state index < -0.39 is 11.6 Å². The summed E-state index contributed by atoms with van der Waals surface area (Å²) in [7, 11) is 3.34. The summed E-state index contributed by atoms with van der Waals surface area (Å²) in [6.45, 7) is 1.12. The van der Waals surface area contributed by atoms with E-state index in [9.17, 15) is 14.7 Å². The molecule has 3 amide bonds. The van der Waals surface area contributed by atoms with Gasteiger partial charge in [0.2, 0.25) is 5.91 Å². The van der Waals surface area contributed by atoms with Gasteiger partial charge in [0.15, 0.2) is 0 Å². The van der Waals surface area contributed by atoms with Gasteiger partial charge in [-0.25, -0.2) is 4.79 Å². The SMILES string of the molecule is CNC(=O)NC(=O)CCN(C)CC1(O)CCCC1. The van der Waals surface area contributed by atoms with E-state index in [-0.39, 0.29) is 12.3 Å². The number of carbonyl (C=O) groups is 2. The fraction of sp³-hybridized carbons (Fsp3) is 0.833. The Hall–Kier alpha value is -1.14. The maximum Gasteiger partial charge on any atom is 0.321 e. The number of amides is 3. The van der Waals surface area contributed by atoms with Crippen molar-refractivity contribution in [2.24, 2.45) is 0 Å². The molecular weight excluding hydrogens is 234 g/mol. The fourth-order valence-electron chi connectivity index (χ4n) is 2.32. The highest BCUT2D eigenvalue weighted by molar-refractivity contribution is 5.94. The first-order valence-electron chi connectivity index (χ1n) is 6.38. The van der Waals surface area contributed by atoms with Crippen molar-refractivity contribution in [3.63, 3.8) is 0 Å². The molecule has 18 heavy (non-hydrogen) atoms. The number of urea groups is 1. The standard InChI is InChI=1S/C12H23N3O3/c1-13-11(17)14-10(16)5-8-15(2)9-12(18)6-3-4-7-12/h18H,3-9H2,1-2H3,(H2,13,14,16,17). The third-order valence-corrected chi connectivity index (χ3v) is 3.30. The largest absolute Gasteiger partial charge is 0.389 e. The Morgan fingerprint density at radius 3 is 2.50 bits per heavy atom. The van der Waals surface area contributed by atoms with Gasteiger partial charge in [0.1, 0.15) is 0 Å². The van der Waals surface area contributed by atoms with Gasteiger partial charge in [-0.05, 0) is 19.9 Å². The van der Waals surface area contributed by atoms with Crippen molar-refractivity contribution in [1.29, 1.82) is 0 Å². The Bertz CT molecular complexity index is 301. The molecule has 0 bridgehead atoms. The molecule has 0 heterocycles. The van der Waals surface area contributed by atoms with Crippen molar-refractivity contribution in [2.45, 2.75) is 37.7 Å². The molecule has 1 fully saturated rings. The maximum absolute atomic E-state index is 11.4. The highest BCUT2D eigenvalue weighted by Crippen LogP contribution is 2.29. The summed E-state index contributed by atoms with van der Waals surface area (Å²) in [4.78, 5) is 24.2. The number of carbonyl (C=O) groups excluding carboxylic acids is 2. The Kier molecular flexibility index (Phi) is 5.55. The summed E-state index contributed by atoms with van der Waals surface area (Å²) in [6, 6.07) is -0.489. The van der Waals surface area contributed by atoms with Crippen LogP contribution in [0.4, 0.5) is 4.79 Å². The molecule has 1 aliphatic carbocycles. The molecule has 3 N–H and O–H groups in total. The van der Waals surface area contributed by atoms with Gasteiger partial charge in [-0.3, -0.25) is 10.1 Å². The van der Waals surface area contributed by atoms with Crippen LogP contribution in [0.5, 0.6) is 0 Å². The van der Waals surface area contributed by atoms with Gasteiger partial charge >= 0.3 is 6.03 Å². The molecule has 0 aliphatic heterocycles. The number of hydrogen-bond donors (Lipinski definition) is 3. The summed E-state index contributed by atoms with van der Waals surface area (Å²) < 4.78 is 0. The molecular formula is C12H23N3O3. The van der Waals surface area contributed by atoms with E-state index in [4.69, 9.17) is 0 Å². The topological polar surface area (TPSA) is 81.7 Å². The second-order valence-electron chi connectivity index (χ2n) is 5.05. The Morgan fingerprint density at radius 1 is 1.33 bits per heavy atom. The van der Waals surface area contributed by atoms with Gasteiger partial charge in [0.05, 0.1) is 5.60 Å². The van der Waals surface area contributed by atoms with Crippen LogP contribution in [0.25, 0.3) is 0 Å². The number of aliphatic hydroxyl groups is 1. The van der Waals surface area contributed by atoms with E-state index in [2.05, 4.69) is 10.6 Å². The van der Waals surface area contributed by atoms with Gasteiger partial charge in [0, 0.05) is 26.6 Å². The summed E-state index contributed by atoms with van der Waals surface area (Å²) in [6.07, 6.45) is 4.06. The molecule has 6 nitrogen and oxygen atoms in total. The first-order chi connectivity index (χ1) is 8.45. The van der Waals surface area contributed by atoms with Crippen molar-refractivity contribution in [1.82, 2.24) is 15.5 Å². The molecule has 1 aliphatic rings. The third-order valence-electron chi connectivity index (χ3n) is 3.30. The average Bonchev–Trinajstić information content (AvgIpc) is 2.73. The molecule has 0 spiro atoms. The van der Waals surface area contributed by atoms with Crippen LogP contribution in [0.15, 0.2) is 0 Å². The molecule has 0 aromatic rings. The molecule has 1 rings (SSSR count). The third kappa shape index (κ3) is 5.01. The average molecular weight is 257 g/mol. The van der Waals surface area contributed by atoms with Crippen LogP contribution in [0.1, 0.15) is 32.1 Å². The lowest BCUT2D eigenvalue weighted by Crippen LogP contribution is -2.42. The van der Waals surface area contributed by atoms with Crippen molar-refractivity contribution in [3.05, 3.63) is 0 Å². The summed E-state index contributed by atoms with van der Waals surface area (Å²) in [5, 5.41) is 14.7. The van der Waals surface area contributed by atoms with Crippen LogP contribution in [0, 0.1) is 0 Å². The van der Waals surface area contributed by atoms with E-state index in [1.165, 1.54) is 7.05 Å².